The second-order valence-corrected chi connectivity index (χ2v) is 4.63. The van der Waals surface area contributed by atoms with E-state index in [1.165, 1.54) is 36.4 Å². The normalized spacial score (nSPS) is 10.3. The fraction of sp³-hybridized carbons (Fsp3) is 0.0769. The van der Waals surface area contributed by atoms with Crippen LogP contribution in [-0.2, 0) is 6.61 Å². The van der Waals surface area contributed by atoms with E-state index in [9.17, 15) is 14.5 Å². The molecule has 0 heterocycles. The summed E-state index contributed by atoms with van der Waals surface area (Å²) < 4.78 is 19.2. The molecule has 0 aliphatic heterocycles. The zero-order valence-electron chi connectivity index (χ0n) is 10.0. The maximum atomic E-state index is 13.7. The van der Waals surface area contributed by atoms with Crippen molar-refractivity contribution in [2.45, 2.75) is 6.61 Å². The summed E-state index contributed by atoms with van der Waals surface area (Å²) in [5, 5.41) is 20.0. The molecule has 0 atom stereocenters. The van der Waals surface area contributed by atoms with Gasteiger partial charge in [0.2, 0.25) is 0 Å². The summed E-state index contributed by atoms with van der Waals surface area (Å²) in [5.41, 5.74) is 0.0628. The van der Waals surface area contributed by atoms with E-state index in [1.807, 2.05) is 0 Å². The van der Waals surface area contributed by atoms with Crippen LogP contribution in [0.15, 0.2) is 40.9 Å². The van der Waals surface area contributed by atoms with Gasteiger partial charge >= 0.3 is 0 Å². The molecule has 1 N–H and O–H groups in total. The first-order valence-electron chi connectivity index (χ1n) is 5.53. The Bertz CT molecular complexity index is 663. The minimum absolute atomic E-state index is 0.0963. The highest BCUT2D eigenvalue weighted by atomic mass is 79.9. The van der Waals surface area contributed by atoms with Crippen LogP contribution in [0.25, 0.3) is 0 Å². The number of nitrogens with zero attached hydrogens (tertiary/aromatic N) is 1. The van der Waals surface area contributed by atoms with Crippen molar-refractivity contribution in [2.24, 2.45) is 0 Å². The third-order valence-corrected chi connectivity index (χ3v) is 3.37. The van der Waals surface area contributed by atoms with E-state index in [-0.39, 0.29) is 27.2 Å². The van der Waals surface area contributed by atoms with E-state index >= 15 is 0 Å². The minimum atomic E-state index is -0.657. The van der Waals surface area contributed by atoms with Gasteiger partial charge in [-0.15, -0.1) is 0 Å². The van der Waals surface area contributed by atoms with Crippen LogP contribution in [0.5, 0.6) is 11.5 Å². The predicted molar refractivity (Wildman–Crippen MR) is 73.2 cm³/mol. The van der Waals surface area contributed by atoms with E-state index in [1.54, 1.807) is 0 Å². The van der Waals surface area contributed by atoms with Crippen LogP contribution in [-0.4, -0.2) is 10.0 Å². The maximum absolute atomic E-state index is 13.7. The molecule has 0 saturated heterocycles. The summed E-state index contributed by atoms with van der Waals surface area (Å²) in [7, 11) is 0. The molecule has 0 aliphatic rings. The number of para-hydroxylation sites is 1. The lowest BCUT2D eigenvalue weighted by Crippen LogP contribution is -1.97. The molecule has 2 aromatic carbocycles. The van der Waals surface area contributed by atoms with Gasteiger partial charge in [-0.3, -0.25) is 10.1 Å². The average Bonchev–Trinajstić information content (AvgIpc) is 2.42. The number of halogens is 2. The molecule has 2 rings (SSSR count). The molecule has 0 spiro atoms. The van der Waals surface area contributed by atoms with Crippen LogP contribution in [0.4, 0.5) is 10.1 Å². The van der Waals surface area contributed by atoms with Crippen molar-refractivity contribution in [1.82, 2.24) is 0 Å². The summed E-state index contributed by atoms with van der Waals surface area (Å²) >= 11 is 3.06. The molecule has 20 heavy (non-hydrogen) atoms. The number of benzene rings is 2. The number of hydrogen-bond donors (Lipinski definition) is 1. The fourth-order valence-corrected chi connectivity index (χ4v) is 2.11. The number of aliphatic hydroxyl groups excluding tert-OH is 1. The van der Waals surface area contributed by atoms with Crippen LogP contribution in [0.3, 0.4) is 0 Å². The maximum Gasteiger partial charge on any atom is 0.287 e. The van der Waals surface area contributed by atoms with Gasteiger partial charge in [-0.25, -0.2) is 4.39 Å². The molecular weight excluding hydrogens is 333 g/mol. The van der Waals surface area contributed by atoms with Gasteiger partial charge in [0.25, 0.3) is 5.69 Å². The van der Waals surface area contributed by atoms with Gasteiger partial charge in [0.1, 0.15) is 10.2 Å². The van der Waals surface area contributed by atoms with Crippen LogP contribution in [0.1, 0.15) is 5.56 Å². The zero-order valence-corrected chi connectivity index (χ0v) is 11.6. The Morgan fingerprint density at radius 1 is 1.30 bits per heavy atom. The highest BCUT2D eigenvalue weighted by Gasteiger charge is 2.18. The highest BCUT2D eigenvalue weighted by Crippen LogP contribution is 2.38. The van der Waals surface area contributed by atoms with Crippen LogP contribution < -0.4 is 4.74 Å². The number of nitro benzene ring substituents is 1. The van der Waals surface area contributed by atoms with E-state index in [0.29, 0.717) is 0 Å². The number of ether oxygens (including phenoxy) is 1. The van der Waals surface area contributed by atoms with Gasteiger partial charge in [-0.2, -0.15) is 0 Å². The van der Waals surface area contributed by atoms with E-state index < -0.39 is 17.3 Å². The lowest BCUT2D eigenvalue weighted by Gasteiger charge is -2.11. The fourth-order valence-electron chi connectivity index (χ4n) is 1.62. The predicted octanol–water partition coefficient (Wildman–Crippen LogP) is 3.78. The molecule has 0 fully saturated rings. The van der Waals surface area contributed by atoms with Crippen LogP contribution in [0.2, 0.25) is 0 Å². The second kappa shape index (κ2) is 5.98. The van der Waals surface area contributed by atoms with Crippen molar-refractivity contribution in [3.63, 3.8) is 0 Å². The molecule has 0 aliphatic carbocycles. The summed E-state index contributed by atoms with van der Waals surface area (Å²) in [6, 6.07) is 8.31. The molecule has 0 saturated carbocycles. The van der Waals surface area contributed by atoms with Crippen molar-refractivity contribution in [2.75, 3.05) is 0 Å². The second-order valence-electron chi connectivity index (χ2n) is 3.83. The number of aliphatic hydroxyl groups is 1. The van der Waals surface area contributed by atoms with Gasteiger partial charge in [-0.05, 0) is 28.1 Å². The third-order valence-electron chi connectivity index (χ3n) is 2.57. The molecule has 104 valence electrons. The number of hydrogen-bond acceptors (Lipinski definition) is 4. The number of rotatable bonds is 4. The van der Waals surface area contributed by atoms with Gasteiger partial charge in [-0.1, -0.05) is 18.2 Å². The van der Waals surface area contributed by atoms with E-state index in [4.69, 9.17) is 9.84 Å². The lowest BCUT2D eigenvalue weighted by atomic mass is 10.2. The van der Waals surface area contributed by atoms with Gasteiger partial charge in [0, 0.05) is 11.6 Å². The number of nitro groups is 1. The first-order valence-corrected chi connectivity index (χ1v) is 6.33. The van der Waals surface area contributed by atoms with Gasteiger partial charge in [0.15, 0.2) is 11.6 Å². The van der Waals surface area contributed by atoms with E-state index in [0.717, 1.165) is 0 Å². The van der Waals surface area contributed by atoms with Gasteiger partial charge < -0.3 is 9.84 Å². The molecular formula is C13H9BrFNO4. The SMILES string of the molecule is O=[N+]([O-])c1cccc(Oc2c(F)cccc2CO)c1Br. The molecule has 0 amide bonds. The topological polar surface area (TPSA) is 72.6 Å². The molecule has 7 heteroatoms. The standard InChI is InChI=1S/C13H9BrFNO4/c14-12-10(16(18)19)5-2-6-11(12)20-13-8(7-17)3-1-4-9(13)15/h1-6,17H,7H2. The van der Waals surface area contributed by atoms with Crippen LogP contribution >= 0.6 is 15.9 Å². The molecule has 0 bridgehead atoms. The largest absolute Gasteiger partial charge is 0.452 e. The minimum Gasteiger partial charge on any atom is -0.452 e. The summed E-state index contributed by atoms with van der Waals surface area (Å²) in [4.78, 5) is 10.2. The van der Waals surface area contributed by atoms with Gasteiger partial charge in [0.05, 0.1) is 11.5 Å². The monoisotopic (exact) mass is 341 g/mol. The first-order chi connectivity index (χ1) is 9.54. The Hall–Kier alpha value is -1.99. The Morgan fingerprint density at radius 3 is 2.65 bits per heavy atom. The zero-order chi connectivity index (χ0) is 14.7. The summed E-state index contributed by atoms with van der Waals surface area (Å²) in [6.45, 7) is -0.403. The Kier molecular flexibility index (Phi) is 4.31. The highest BCUT2D eigenvalue weighted by molar-refractivity contribution is 9.10. The van der Waals surface area contributed by atoms with E-state index in [2.05, 4.69) is 15.9 Å². The molecule has 0 aromatic heterocycles. The lowest BCUT2D eigenvalue weighted by molar-refractivity contribution is -0.385. The van der Waals surface area contributed by atoms with Crippen molar-refractivity contribution < 1.29 is 19.2 Å². The Labute approximate surface area is 121 Å². The molecule has 0 radical (unpaired) electrons. The van der Waals surface area contributed by atoms with Crippen molar-refractivity contribution >= 4 is 21.6 Å². The Morgan fingerprint density at radius 2 is 2.00 bits per heavy atom. The average molecular weight is 342 g/mol. The molecule has 0 unspecified atom stereocenters. The van der Waals surface area contributed by atoms with Crippen molar-refractivity contribution in [3.8, 4) is 11.5 Å². The summed E-state index contributed by atoms with van der Waals surface area (Å²) in [6.07, 6.45) is 0. The third kappa shape index (κ3) is 2.78. The smallest absolute Gasteiger partial charge is 0.287 e. The quantitative estimate of drug-likeness (QED) is 0.678. The first kappa shape index (κ1) is 14.4. The van der Waals surface area contributed by atoms with Crippen molar-refractivity contribution in [3.05, 3.63) is 62.4 Å². The molecule has 2 aromatic rings. The van der Waals surface area contributed by atoms with Crippen LogP contribution in [0, 0.1) is 15.9 Å². The summed E-state index contributed by atoms with van der Waals surface area (Å²) in [5.74, 6) is -0.717. The Balaban J connectivity index is 2.46. The molecule has 5 nitrogen and oxygen atoms in total. The van der Waals surface area contributed by atoms with Crippen molar-refractivity contribution in [1.29, 1.82) is 0 Å².